The highest BCUT2D eigenvalue weighted by atomic mass is 16.4. The Morgan fingerprint density at radius 3 is 1.69 bits per heavy atom. The Hall–Kier alpha value is -1.39. The minimum Gasteiger partial charge on any atom is -0.480 e. The molecule has 0 saturated carbocycles. The summed E-state index contributed by atoms with van der Waals surface area (Å²) in [5.41, 5.74) is -1.78. The zero-order valence-electron chi connectivity index (χ0n) is 9.82. The van der Waals surface area contributed by atoms with Crippen molar-refractivity contribution in [3.8, 4) is 0 Å². The van der Waals surface area contributed by atoms with Crippen LogP contribution in [0.5, 0.6) is 0 Å². The third-order valence-corrected chi connectivity index (χ3v) is 3.22. The van der Waals surface area contributed by atoms with E-state index in [4.69, 9.17) is 5.11 Å². The minimum atomic E-state index is -1.78. The van der Waals surface area contributed by atoms with E-state index in [1.165, 1.54) is 6.92 Å². The minimum absolute atomic E-state index is 0.000185. The van der Waals surface area contributed by atoms with Gasteiger partial charge in [-0.2, -0.15) is 0 Å². The molecule has 92 valence electrons. The van der Waals surface area contributed by atoms with Gasteiger partial charge in [-0.1, -0.05) is 33.6 Å². The molecule has 0 heterocycles. The number of ketones is 1. The Labute approximate surface area is 94.5 Å². The fourth-order valence-corrected chi connectivity index (χ4v) is 2.23. The molecule has 0 aromatic heterocycles. The molecule has 0 aliphatic heterocycles. The average molecular weight is 230 g/mol. The van der Waals surface area contributed by atoms with Crippen LogP contribution in [0.4, 0.5) is 0 Å². The molecular weight excluding hydrogens is 212 g/mol. The molecule has 0 bridgehead atoms. The van der Waals surface area contributed by atoms with Crippen LogP contribution in [-0.4, -0.2) is 27.9 Å². The molecule has 1 atom stereocenters. The molecule has 0 aliphatic rings. The number of rotatable bonds is 7. The lowest BCUT2D eigenvalue weighted by Crippen LogP contribution is -2.48. The van der Waals surface area contributed by atoms with E-state index in [0.29, 0.717) is 12.8 Å². The van der Waals surface area contributed by atoms with Crippen LogP contribution >= 0.6 is 0 Å². The van der Waals surface area contributed by atoms with Crippen LogP contribution < -0.4 is 0 Å². The van der Waals surface area contributed by atoms with Crippen LogP contribution in [0.3, 0.4) is 0 Å². The van der Waals surface area contributed by atoms with Gasteiger partial charge in [-0.25, -0.2) is 4.79 Å². The second kappa shape index (κ2) is 5.63. The van der Waals surface area contributed by atoms with Gasteiger partial charge >= 0.3 is 11.9 Å². The summed E-state index contributed by atoms with van der Waals surface area (Å²) >= 11 is 0. The molecule has 0 fully saturated rings. The molecular formula is C11H18O5. The van der Waals surface area contributed by atoms with Gasteiger partial charge in [-0.15, -0.1) is 0 Å². The normalized spacial score (nSPS) is 14.5. The third-order valence-electron chi connectivity index (χ3n) is 3.22. The maximum absolute atomic E-state index is 11.6. The summed E-state index contributed by atoms with van der Waals surface area (Å²) < 4.78 is 0. The molecule has 2 N–H and O–H groups in total. The topological polar surface area (TPSA) is 91.7 Å². The maximum atomic E-state index is 11.6. The van der Waals surface area contributed by atoms with Gasteiger partial charge in [-0.05, 0) is 12.3 Å². The average Bonchev–Trinajstić information content (AvgIpc) is 2.24. The molecule has 0 amide bonds. The first-order valence-electron chi connectivity index (χ1n) is 5.39. The van der Waals surface area contributed by atoms with Crippen molar-refractivity contribution in [1.29, 1.82) is 0 Å². The molecule has 0 saturated heterocycles. The predicted molar refractivity (Wildman–Crippen MR) is 57.1 cm³/mol. The Bertz CT molecular complexity index is 293. The van der Waals surface area contributed by atoms with Gasteiger partial charge in [0.2, 0.25) is 0 Å². The van der Waals surface area contributed by atoms with Gasteiger partial charge in [0.1, 0.15) is 5.41 Å². The van der Waals surface area contributed by atoms with Crippen molar-refractivity contribution < 1.29 is 24.6 Å². The fraction of sp³-hybridized carbons (Fsp3) is 0.727. The molecule has 0 aromatic carbocycles. The van der Waals surface area contributed by atoms with Crippen LogP contribution in [0.2, 0.25) is 0 Å². The van der Waals surface area contributed by atoms with Gasteiger partial charge in [0.15, 0.2) is 0 Å². The lowest BCUT2D eigenvalue weighted by molar-refractivity contribution is -0.168. The van der Waals surface area contributed by atoms with Gasteiger partial charge in [0, 0.05) is 0 Å². The fourth-order valence-electron chi connectivity index (χ4n) is 2.23. The summed E-state index contributed by atoms with van der Waals surface area (Å²) in [5.74, 6) is -4.66. The molecule has 0 radical (unpaired) electrons. The van der Waals surface area contributed by atoms with E-state index in [0.717, 1.165) is 0 Å². The van der Waals surface area contributed by atoms with Crippen molar-refractivity contribution in [1.82, 2.24) is 0 Å². The molecule has 0 aliphatic carbocycles. The Morgan fingerprint density at radius 1 is 1.06 bits per heavy atom. The van der Waals surface area contributed by atoms with E-state index in [2.05, 4.69) is 0 Å². The van der Waals surface area contributed by atoms with E-state index in [1.54, 1.807) is 13.8 Å². The number of hydrogen-bond donors (Lipinski definition) is 2. The molecule has 5 heteroatoms. The molecule has 0 rings (SSSR count). The number of carbonyl (C=O) groups is 3. The van der Waals surface area contributed by atoms with Crippen LogP contribution in [0.15, 0.2) is 0 Å². The van der Waals surface area contributed by atoms with E-state index in [-0.39, 0.29) is 6.42 Å². The standard InChI is InChI=1S/C11H18O5/c1-4-7(5-2)11(6-3,10(15)16)8(12)9(13)14/h7H,4-6H2,1-3H3,(H,13,14)(H,15,16). The van der Waals surface area contributed by atoms with Gasteiger partial charge in [-0.3, -0.25) is 9.59 Å². The van der Waals surface area contributed by atoms with Crippen molar-refractivity contribution in [3.05, 3.63) is 0 Å². The lowest BCUT2D eigenvalue weighted by Gasteiger charge is -2.32. The first-order valence-corrected chi connectivity index (χ1v) is 5.39. The molecule has 5 nitrogen and oxygen atoms in total. The number of carboxylic acids is 2. The van der Waals surface area contributed by atoms with Gasteiger partial charge < -0.3 is 10.2 Å². The summed E-state index contributed by atoms with van der Waals surface area (Å²) in [7, 11) is 0. The molecule has 0 aromatic rings. The lowest BCUT2D eigenvalue weighted by atomic mass is 9.68. The summed E-state index contributed by atoms with van der Waals surface area (Å²) in [5, 5.41) is 17.9. The predicted octanol–water partition coefficient (Wildman–Crippen LogP) is 1.56. The second-order valence-electron chi connectivity index (χ2n) is 3.78. The molecule has 1 unspecified atom stereocenters. The second-order valence-corrected chi connectivity index (χ2v) is 3.78. The first-order chi connectivity index (χ1) is 7.38. The monoisotopic (exact) mass is 230 g/mol. The van der Waals surface area contributed by atoms with Crippen LogP contribution in [-0.2, 0) is 14.4 Å². The Kier molecular flexibility index (Phi) is 5.14. The van der Waals surface area contributed by atoms with Crippen molar-refractivity contribution in [2.45, 2.75) is 40.0 Å². The zero-order valence-corrected chi connectivity index (χ0v) is 9.82. The Balaban J connectivity index is 5.56. The number of hydrogen-bond acceptors (Lipinski definition) is 3. The van der Waals surface area contributed by atoms with Gasteiger partial charge in [0.25, 0.3) is 5.78 Å². The summed E-state index contributed by atoms with van der Waals surface area (Å²) in [6, 6.07) is 0. The highest BCUT2D eigenvalue weighted by molar-refractivity contribution is 6.39. The van der Waals surface area contributed by atoms with Gasteiger partial charge in [0.05, 0.1) is 0 Å². The van der Waals surface area contributed by atoms with Crippen LogP contribution in [0.25, 0.3) is 0 Å². The van der Waals surface area contributed by atoms with Crippen LogP contribution in [0, 0.1) is 11.3 Å². The largest absolute Gasteiger partial charge is 0.480 e. The van der Waals surface area contributed by atoms with E-state index in [1.807, 2.05) is 0 Å². The maximum Gasteiger partial charge on any atom is 0.373 e. The van der Waals surface area contributed by atoms with Crippen LogP contribution in [0.1, 0.15) is 40.0 Å². The van der Waals surface area contributed by atoms with E-state index in [9.17, 15) is 19.5 Å². The van der Waals surface area contributed by atoms with Crippen molar-refractivity contribution in [2.75, 3.05) is 0 Å². The Morgan fingerprint density at radius 2 is 1.50 bits per heavy atom. The van der Waals surface area contributed by atoms with E-state index >= 15 is 0 Å². The highest BCUT2D eigenvalue weighted by Crippen LogP contribution is 2.37. The van der Waals surface area contributed by atoms with Crippen molar-refractivity contribution in [2.24, 2.45) is 11.3 Å². The zero-order chi connectivity index (χ0) is 12.9. The molecule has 0 spiro atoms. The SMILES string of the molecule is CCC(CC)C(CC)(C(=O)O)C(=O)C(=O)O. The number of aliphatic carboxylic acids is 2. The van der Waals surface area contributed by atoms with Crippen molar-refractivity contribution in [3.63, 3.8) is 0 Å². The summed E-state index contributed by atoms with van der Waals surface area (Å²) in [6.45, 7) is 5.06. The number of Topliss-reactive ketones (excluding diaryl/α,β-unsaturated/α-hetero) is 1. The highest BCUT2D eigenvalue weighted by Gasteiger charge is 2.52. The third kappa shape index (κ3) is 2.23. The first kappa shape index (κ1) is 14.6. The number of carbonyl (C=O) groups excluding carboxylic acids is 1. The smallest absolute Gasteiger partial charge is 0.373 e. The quantitative estimate of drug-likeness (QED) is 0.511. The summed E-state index contributed by atoms with van der Waals surface area (Å²) in [4.78, 5) is 33.6. The van der Waals surface area contributed by atoms with Crippen molar-refractivity contribution >= 4 is 17.7 Å². The number of carboxylic acid groups (broad SMARTS) is 2. The summed E-state index contributed by atoms with van der Waals surface area (Å²) in [6.07, 6.45) is 0.936. The molecule has 16 heavy (non-hydrogen) atoms. The van der Waals surface area contributed by atoms with E-state index < -0.39 is 29.1 Å².